The van der Waals surface area contributed by atoms with Gasteiger partial charge in [-0.2, -0.15) is 26.3 Å². The predicted molar refractivity (Wildman–Crippen MR) is 126 cm³/mol. The first-order valence-corrected chi connectivity index (χ1v) is 12.8. The second kappa shape index (κ2) is 10.4. The van der Waals surface area contributed by atoms with Crippen LogP contribution in [-0.4, -0.2) is 67.2 Å². The number of likely N-dealkylation sites (tertiary alicyclic amines) is 1. The number of halogens is 6. The van der Waals surface area contributed by atoms with E-state index < -0.39 is 35.4 Å². The molecule has 1 atom stereocenters. The number of nitrogens with one attached hydrogen (secondary N) is 1. The Balaban J connectivity index is 1.46. The third-order valence-electron chi connectivity index (χ3n) is 7.87. The standard InChI is InChI=1S/C26H35F6N3O2/c1-23(2,35-7-9-37-10-8-35)16-34-6-5-24(17-34,14-18-3-4-18)22(36)33-15-19-11-20(25(27,28)29)13-21(12-19)26(30,31)32/h11-13,18H,3-10,14-17H2,1-2H3,(H,33,36). The van der Waals surface area contributed by atoms with Gasteiger partial charge in [0.15, 0.2) is 0 Å². The highest BCUT2D eigenvalue weighted by molar-refractivity contribution is 5.83. The number of hydrogen-bond acceptors (Lipinski definition) is 4. The van der Waals surface area contributed by atoms with Crippen LogP contribution in [0, 0.1) is 11.3 Å². The highest BCUT2D eigenvalue weighted by Gasteiger charge is 2.48. The molecule has 1 aromatic carbocycles. The molecule has 1 saturated carbocycles. The van der Waals surface area contributed by atoms with Gasteiger partial charge in [0.1, 0.15) is 0 Å². The Labute approximate surface area is 213 Å². The van der Waals surface area contributed by atoms with Crippen LogP contribution in [0.5, 0.6) is 0 Å². The van der Waals surface area contributed by atoms with Crippen molar-refractivity contribution in [2.45, 2.75) is 64.0 Å². The molecule has 1 N–H and O–H groups in total. The second-order valence-corrected chi connectivity index (χ2v) is 11.4. The molecular weight excluding hydrogens is 500 g/mol. The molecule has 2 aliphatic heterocycles. The summed E-state index contributed by atoms with van der Waals surface area (Å²) in [5.41, 5.74) is -3.80. The smallest absolute Gasteiger partial charge is 0.379 e. The van der Waals surface area contributed by atoms with E-state index in [9.17, 15) is 31.1 Å². The Bertz CT molecular complexity index is 938. The van der Waals surface area contributed by atoms with Gasteiger partial charge in [0.05, 0.1) is 29.8 Å². The molecule has 11 heteroatoms. The molecule has 3 fully saturated rings. The Hall–Kier alpha value is -1.85. The van der Waals surface area contributed by atoms with E-state index in [2.05, 4.69) is 29.0 Å². The lowest BCUT2D eigenvalue weighted by Crippen LogP contribution is -2.55. The number of alkyl halides is 6. The van der Waals surface area contributed by atoms with Crippen molar-refractivity contribution in [1.82, 2.24) is 15.1 Å². The first kappa shape index (κ1) is 28.2. The van der Waals surface area contributed by atoms with Gasteiger partial charge in [0.25, 0.3) is 0 Å². The number of hydrogen-bond donors (Lipinski definition) is 1. The average molecular weight is 536 g/mol. The largest absolute Gasteiger partial charge is 0.416 e. The van der Waals surface area contributed by atoms with Gasteiger partial charge in [0.2, 0.25) is 5.91 Å². The van der Waals surface area contributed by atoms with Crippen molar-refractivity contribution >= 4 is 5.91 Å². The van der Waals surface area contributed by atoms with Crippen LogP contribution in [-0.2, 0) is 28.4 Å². The number of amides is 1. The second-order valence-electron chi connectivity index (χ2n) is 11.4. The lowest BCUT2D eigenvalue weighted by Gasteiger charge is -2.43. The number of benzene rings is 1. The number of morpholine rings is 1. The van der Waals surface area contributed by atoms with Crippen LogP contribution < -0.4 is 5.32 Å². The molecule has 1 aliphatic carbocycles. The summed E-state index contributed by atoms with van der Waals surface area (Å²) in [5.74, 6) is 0.139. The molecule has 1 amide bonds. The van der Waals surface area contributed by atoms with Crippen LogP contribution in [0.1, 0.15) is 56.2 Å². The van der Waals surface area contributed by atoms with Crippen molar-refractivity contribution in [2.24, 2.45) is 11.3 Å². The predicted octanol–water partition coefficient (Wildman–Crippen LogP) is 4.94. The Morgan fingerprint density at radius 2 is 1.59 bits per heavy atom. The third-order valence-corrected chi connectivity index (χ3v) is 7.87. The fourth-order valence-electron chi connectivity index (χ4n) is 5.72. The summed E-state index contributed by atoms with van der Waals surface area (Å²) in [6, 6.07) is 1.45. The molecular formula is C26H35F6N3O2. The number of rotatable bonds is 8. The zero-order valence-corrected chi connectivity index (χ0v) is 21.3. The summed E-state index contributed by atoms with van der Waals surface area (Å²) in [7, 11) is 0. The van der Waals surface area contributed by atoms with Gasteiger partial charge in [-0.15, -0.1) is 0 Å². The number of carbonyl (C=O) groups is 1. The monoisotopic (exact) mass is 535 g/mol. The van der Waals surface area contributed by atoms with Gasteiger partial charge in [-0.25, -0.2) is 0 Å². The van der Waals surface area contributed by atoms with E-state index >= 15 is 0 Å². The van der Waals surface area contributed by atoms with Crippen molar-refractivity contribution in [3.8, 4) is 0 Å². The van der Waals surface area contributed by atoms with E-state index in [4.69, 9.17) is 4.74 Å². The van der Waals surface area contributed by atoms with Crippen molar-refractivity contribution in [3.05, 3.63) is 34.9 Å². The van der Waals surface area contributed by atoms with E-state index in [0.29, 0.717) is 50.7 Å². The maximum absolute atomic E-state index is 13.5. The van der Waals surface area contributed by atoms with Gasteiger partial charge >= 0.3 is 12.4 Å². The zero-order valence-electron chi connectivity index (χ0n) is 21.3. The molecule has 1 aromatic rings. The van der Waals surface area contributed by atoms with Crippen LogP contribution in [0.25, 0.3) is 0 Å². The minimum atomic E-state index is -4.92. The summed E-state index contributed by atoms with van der Waals surface area (Å²) < 4.78 is 84.9. The van der Waals surface area contributed by atoms with E-state index in [-0.39, 0.29) is 23.1 Å². The summed E-state index contributed by atoms with van der Waals surface area (Å²) in [6.07, 6.45) is -6.47. The van der Waals surface area contributed by atoms with E-state index in [1.807, 2.05) is 0 Å². The van der Waals surface area contributed by atoms with Crippen molar-refractivity contribution in [1.29, 1.82) is 0 Å². The SMILES string of the molecule is CC(C)(CN1CCC(CC2CC2)(C(=O)NCc2cc(C(F)(F)F)cc(C(F)(F)F)c2)C1)N1CCOCC1. The molecule has 0 aromatic heterocycles. The lowest BCUT2D eigenvalue weighted by atomic mass is 9.80. The average Bonchev–Trinajstić information content (AvgIpc) is 3.54. The van der Waals surface area contributed by atoms with Crippen molar-refractivity contribution in [3.63, 3.8) is 0 Å². The maximum atomic E-state index is 13.5. The molecule has 0 radical (unpaired) electrons. The van der Waals surface area contributed by atoms with E-state index in [0.717, 1.165) is 39.0 Å². The Morgan fingerprint density at radius 1 is 1.00 bits per heavy atom. The van der Waals surface area contributed by atoms with E-state index in [1.54, 1.807) is 0 Å². The maximum Gasteiger partial charge on any atom is 0.416 e. The molecule has 4 rings (SSSR count). The fourth-order valence-corrected chi connectivity index (χ4v) is 5.72. The minimum absolute atomic E-state index is 0.102. The van der Waals surface area contributed by atoms with Crippen LogP contribution in [0.15, 0.2) is 18.2 Å². The molecule has 1 unspecified atom stereocenters. The summed E-state index contributed by atoms with van der Waals surface area (Å²) in [6.45, 7) is 9.00. The number of nitrogens with zero attached hydrogens (tertiary/aromatic N) is 2. The number of ether oxygens (including phenoxy) is 1. The van der Waals surface area contributed by atoms with Crippen LogP contribution >= 0.6 is 0 Å². The molecule has 3 aliphatic rings. The zero-order chi connectivity index (χ0) is 27.1. The van der Waals surface area contributed by atoms with Gasteiger partial charge < -0.3 is 15.0 Å². The molecule has 2 heterocycles. The van der Waals surface area contributed by atoms with E-state index in [1.165, 1.54) is 0 Å². The topological polar surface area (TPSA) is 44.8 Å². The fraction of sp³-hybridized carbons (Fsp3) is 0.731. The van der Waals surface area contributed by atoms with Crippen molar-refractivity contribution in [2.75, 3.05) is 45.9 Å². The Kier molecular flexibility index (Phi) is 7.90. The van der Waals surface area contributed by atoms with Gasteiger partial charge in [-0.05, 0) is 62.9 Å². The quantitative estimate of drug-likeness (QED) is 0.479. The van der Waals surface area contributed by atoms with Crippen LogP contribution in [0.2, 0.25) is 0 Å². The Morgan fingerprint density at radius 3 is 2.14 bits per heavy atom. The highest BCUT2D eigenvalue weighted by atomic mass is 19.4. The molecule has 2 saturated heterocycles. The molecule has 37 heavy (non-hydrogen) atoms. The summed E-state index contributed by atoms with van der Waals surface area (Å²) >= 11 is 0. The number of carbonyl (C=O) groups excluding carboxylic acids is 1. The highest BCUT2D eigenvalue weighted by Crippen LogP contribution is 2.46. The van der Waals surface area contributed by atoms with Gasteiger partial charge in [-0.3, -0.25) is 9.69 Å². The van der Waals surface area contributed by atoms with Crippen molar-refractivity contribution < 1.29 is 35.9 Å². The van der Waals surface area contributed by atoms with Gasteiger partial charge in [-0.1, -0.05) is 12.8 Å². The normalized spacial score (nSPS) is 24.4. The molecule has 0 spiro atoms. The third kappa shape index (κ3) is 6.97. The molecule has 5 nitrogen and oxygen atoms in total. The van der Waals surface area contributed by atoms with Gasteiger partial charge in [0, 0.05) is 38.3 Å². The first-order chi connectivity index (χ1) is 17.2. The summed E-state index contributed by atoms with van der Waals surface area (Å²) in [4.78, 5) is 18.1. The molecule has 0 bridgehead atoms. The van der Waals surface area contributed by atoms with Crippen LogP contribution in [0.3, 0.4) is 0 Å². The summed E-state index contributed by atoms with van der Waals surface area (Å²) in [5, 5.41) is 2.69. The lowest BCUT2D eigenvalue weighted by molar-refractivity contribution is -0.143. The molecule has 208 valence electrons. The first-order valence-electron chi connectivity index (χ1n) is 12.8. The minimum Gasteiger partial charge on any atom is -0.379 e. The van der Waals surface area contributed by atoms with Crippen LogP contribution in [0.4, 0.5) is 26.3 Å².